The van der Waals surface area contributed by atoms with E-state index in [0.717, 1.165) is 3.57 Å². The van der Waals surface area contributed by atoms with Gasteiger partial charge in [-0.3, -0.25) is 9.36 Å². The number of carbonyl (C=O) groups is 1. The van der Waals surface area contributed by atoms with Crippen LogP contribution in [0, 0.1) is 3.57 Å². The van der Waals surface area contributed by atoms with Gasteiger partial charge in [-0.1, -0.05) is 18.2 Å². The maximum atomic E-state index is 12.3. The molecule has 0 N–H and O–H groups in total. The lowest BCUT2D eigenvalue weighted by Crippen LogP contribution is -2.21. The lowest BCUT2D eigenvalue weighted by atomic mass is 10.2. The number of ether oxygens (including phenoxy) is 1. The van der Waals surface area contributed by atoms with Crippen LogP contribution in [0.25, 0.3) is 10.9 Å². The maximum Gasteiger partial charge on any atom is 0.338 e. The van der Waals surface area contributed by atoms with E-state index in [4.69, 9.17) is 4.74 Å². The molecule has 6 heteroatoms. The Balaban J connectivity index is 1.58. The number of hydrogen-bond donors (Lipinski definition) is 0. The highest BCUT2D eigenvalue weighted by atomic mass is 127. The van der Waals surface area contributed by atoms with Gasteiger partial charge in [0.2, 0.25) is 0 Å². The first-order valence-electron chi connectivity index (χ1n) is 7.52. The molecule has 0 unspecified atom stereocenters. The van der Waals surface area contributed by atoms with E-state index < -0.39 is 0 Å². The fourth-order valence-electron chi connectivity index (χ4n) is 2.36. The summed E-state index contributed by atoms with van der Waals surface area (Å²) in [6.45, 7) is 0.708. The molecule has 0 saturated heterocycles. The van der Waals surface area contributed by atoms with Gasteiger partial charge >= 0.3 is 5.97 Å². The van der Waals surface area contributed by atoms with Crippen molar-refractivity contribution in [1.29, 1.82) is 0 Å². The Morgan fingerprint density at radius 3 is 2.83 bits per heavy atom. The largest absolute Gasteiger partial charge is 0.462 e. The zero-order chi connectivity index (χ0) is 16.9. The van der Waals surface area contributed by atoms with E-state index in [9.17, 15) is 9.59 Å². The van der Waals surface area contributed by atoms with Gasteiger partial charge in [-0.25, -0.2) is 9.78 Å². The zero-order valence-corrected chi connectivity index (χ0v) is 15.0. The number of rotatable bonds is 5. The summed E-state index contributed by atoms with van der Waals surface area (Å²) in [5.74, 6) is -0.350. The van der Waals surface area contributed by atoms with Crippen LogP contribution in [0.4, 0.5) is 0 Å². The average molecular weight is 434 g/mol. The lowest BCUT2D eigenvalue weighted by molar-refractivity contribution is 0.0495. The molecule has 1 heterocycles. The Morgan fingerprint density at radius 2 is 2.00 bits per heavy atom. The highest BCUT2D eigenvalue weighted by Gasteiger charge is 2.07. The Labute approximate surface area is 152 Å². The third-order valence-corrected chi connectivity index (χ3v) is 4.24. The summed E-state index contributed by atoms with van der Waals surface area (Å²) in [5.41, 5.74) is 1.14. The van der Waals surface area contributed by atoms with Crippen LogP contribution in [0.2, 0.25) is 0 Å². The van der Waals surface area contributed by atoms with Crippen molar-refractivity contribution < 1.29 is 9.53 Å². The molecule has 24 heavy (non-hydrogen) atoms. The standard InChI is InChI=1S/C18H15IN2O3/c19-14-6-3-5-13(11-14)18(23)24-10-4-9-21-12-20-16-8-2-1-7-15(16)17(21)22/h1-3,5-8,11-12H,4,9-10H2. The normalized spacial score (nSPS) is 10.7. The van der Waals surface area contributed by atoms with Gasteiger partial charge in [0.1, 0.15) is 0 Å². The number of aromatic nitrogens is 2. The molecule has 3 aromatic rings. The number of hydrogen-bond acceptors (Lipinski definition) is 4. The van der Waals surface area contributed by atoms with Crippen molar-refractivity contribution in [2.75, 3.05) is 6.61 Å². The molecule has 5 nitrogen and oxygen atoms in total. The third-order valence-electron chi connectivity index (χ3n) is 3.57. The third kappa shape index (κ3) is 3.81. The van der Waals surface area contributed by atoms with Crippen molar-refractivity contribution in [2.45, 2.75) is 13.0 Å². The summed E-state index contributed by atoms with van der Waals surface area (Å²) in [5, 5.41) is 0.593. The van der Waals surface area contributed by atoms with E-state index in [0.29, 0.717) is 29.4 Å². The van der Waals surface area contributed by atoms with Crippen LogP contribution in [-0.2, 0) is 11.3 Å². The first kappa shape index (κ1) is 16.6. The molecule has 0 fully saturated rings. The van der Waals surface area contributed by atoms with Crippen LogP contribution in [-0.4, -0.2) is 22.1 Å². The number of benzene rings is 2. The molecule has 0 spiro atoms. The quantitative estimate of drug-likeness (QED) is 0.352. The van der Waals surface area contributed by atoms with Gasteiger partial charge in [0.15, 0.2) is 0 Å². The van der Waals surface area contributed by atoms with Gasteiger partial charge in [0.25, 0.3) is 5.56 Å². The Kier molecular flexibility index (Phi) is 5.24. The molecular weight excluding hydrogens is 419 g/mol. The minimum absolute atomic E-state index is 0.0791. The van der Waals surface area contributed by atoms with Crippen LogP contribution >= 0.6 is 22.6 Å². The summed E-state index contributed by atoms with van der Waals surface area (Å²) in [7, 11) is 0. The average Bonchev–Trinajstić information content (AvgIpc) is 2.60. The Hall–Kier alpha value is -2.22. The molecule has 0 radical (unpaired) electrons. The molecule has 122 valence electrons. The van der Waals surface area contributed by atoms with E-state index >= 15 is 0 Å². The fraction of sp³-hybridized carbons (Fsp3) is 0.167. The van der Waals surface area contributed by atoms with Crippen molar-refractivity contribution in [2.24, 2.45) is 0 Å². The van der Waals surface area contributed by atoms with Gasteiger partial charge < -0.3 is 4.74 Å². The minimum Gasteiger partial charge on any atom is -0.462 e. The predicted octanol–water partition coefficient (Wildman–Crippen LogP) is 3.25. The monoisotopic (exact) mass is 434 g/mol. The fourth-order valence-corrected chi connectivity index (χ4v) is 2.91. The Morgan fingerprint density at radius 1 is 1.17 bits per heavy atom. The zero-order valence-electron chi connectivity index (χ0n) is 12.8. The van der Waals surface area contributed by atoms with Crippen molar-refractivity contribution >= 4 is 39.5 Å². The van der Waals surface area contributed by atoms with E-state index in [-0.39, 0.29) is 18.1 Å². The molecule has 0 aliphatic rings. The summed E-state index contributed by atoms with van der Waals surface area (Å²) < 4.78 is 7.78. The van der Waals surface area contributed by atoms with Gasteiger partial charge in [-0.15, -0.1) is 0 Å². The van der Waals surface area contributed by atoms with Gasteiger partial charge in [-0.05, 0) is 59.3 Å². The second-order valence-electron chi connectivity index (χ2n) is 5.26. The molecular formula is C18H15IN2O3. The molecule has 0 aliphatic carbocycles. The summed E-state index contributed by atoms with van der Waals surface area (Å²) in [6.07, 6.45) is 2.08. The topological polar surface area (TPSA) is 61.2 Å². The molecule has 2 aromatic carbocycles. The molecule has 1 aromatic heterocycles. The van der Waals surface area contributed by atoms with Crippen LogP contribution in [0.5, 0.6) is 0 Å². The number of nitrogens with zero attached hydrogens (tertiary/aromatic N) is 2. The molecule has 0 amide bonds. The van der Waals surface area contributed by atoms with Gasteiger partial charge in [0, 0.05) is 10.1 Å². The number of carbonyl (C=O) groups excluding carboxylic acids is 1. The van der Waals surface area contributed by atoms with Gasteiger partial charge in [0.05, 0.1) is 29.4 Å². The van der Waals surface area contributed by atoms with Crippen LogP contribution in [0.15, 0.2) is 59.7 Å². The highest BCUT2D eigenvalue weighted by molar-refractivity contribution is 14.1. The number of esters is 1. The summed E-state index contributed by atoms with van der Waals surface area (Å²) >= 11 is 2.15. The lowest BCUT2D eigenvalue weighted by Gasteiger charge is -2.08. The summed E-state index contributed by atoms with van der Waals surface area (Å²) in [4.78, 5) is 28.5. The van der Waals surface area contributed by atoms with E-state index in [1.54, 1.807) is 22.8 Å². The first-order valence-corrected chi connectivity index (χ1v) is 8.60. The van der Waals surface area contributed by atoms with Crippen molar-refractivity contribution in [1.82, 2.24) is 9.55 Å². The van der Waals surface area contributed by atoms with Crippen LogP contribution in [0.3, 0.4) is 0 Å². The van der Waals surface area contributed by atoms with Crippen molar-refractivity contribution in [3.05, 3.63) is 74.3 Å². The number of halogens is 1. The molecule has 0 atom stereocenters. The minimum atomic E-state index is -0.350. The second kappa shape index (κ2) is 7.57. The smallest absolute Gasteiger partial charge is 0.338 e. The molecule has 0 bridgehead atoms. The SMILES string of the molecule is O=C(OCCCn1cnc2ccccc2c1=O)c1cccc(I)c1. The van der Waals surface area contributed by atoms with E-state index in [1.807, 2.05) is 30.3 Å². The first-order chi connectivity index (χ1) is 11.6. The summed E-state index contributed by atoms with van der Waals surface area (Å²) in [6, 6.07) is 14.5. The van der Waals surface area contributed by atoms with Crippen LogP contribution in [0.1, 0.15) is 16.8 Å². The molecule has 3 rings (SSSR count). The number of fused-ring (bicyclic) bond motifs is 1. The highest BCUT2D eigenvalue weighted by Crippen LogP contribution is 2.09. The number of para-hydroxylation sites is 1. The Bertz CT molecular complexity index is 937. The maximum absolute atomic E-state index is 12.3. The van der Waals surface area contributed by atoms with E-state index in [1.165, 1.54) is 6.33 Å². The second-order valence-corrected chi connectivity index (χ2v) is 6.51. The van der Waals surface area contributed by atoms with Crippen molar-refractivity contribution in [3.8, 4) is 0 Å². The van der Waals surface area contributed by atoms with Crippen LogP contribution < -0.4 is 5.56 Å². The van der Waals surface area contributed by atoms with Gasteiger partial charge in [-0.2, -0.15) is 0 Å². The molecule has 0 aliphatic heterocycles. The predicted molar refractivity (Wildman–Crippen MR) is 100 cm³/mol. The molecule has 0 saturated carbocycles. The van der Waals surface area contributed by atoms with Crippen molar-refractivity contribution in [3.63, 3.8) is 0 Å². The van der Waals surface area contributed by atoms with E-state index in [2.05, 4.69) is 27.6 Å². The number of aryl methyl sites for hydroxylation is 1.